The van der Waals surface area contributed by atoms with Gasteiger partial charge in [-0.25, -0.2) is 0 Å². The first-order valence-corrected chi connectivity index (χ1v) is 7.32. The molecular formula is C16H25ClN2O. The minimum atomic E-state index is -0.332. The van der Waals surface area contributed by atoms with Crippen LogP contribution in [0.5, 0.6) is 0 Å². The average molecular weight is 297 g/mol. The van der Waals surface area contributed by atoms with Crippen molar-refractivity contribution in [1.29, 1.82) is 0 Å². The van der Waals surface area contributed by atoms with Crippen LogP contribution in [-0.4, -0.2) is 18.0 Å². The van der Waals surface area contributed by atoms with Gasteiger partial charge in [-0.3, -0.25) is 4.79 Å². The highest BCUT2D eigenvalue weighted by molar-refractivity contribution is 5.86. The lowest BCUT2D eigenvalue weighted by Crippen LogP contribution is -2.52. The van der Waals surface area contributed by atoms with Gasteiger partial charge < -0.3 is 10.6 Å². The average Bonchev–Trinajstić information content (AvgIpc) is 2.95. The van der Waals surface area contributed by atoms with E-state index in [1.54, 1.807) is 0 Å². The number of benzene rings is 1. The van der Waals surface area contributed by atoms with Crippen LogP contribution in [0.2, 0.25) is 0 Å². The normalized spacial score (nSPS) is 21.3. The summed E-state index contributed by atoms with van der Waals surface area (Å²) in [4.78, 5) is 12.4. The zero-order chi connectivity index (χ0) is 13.7. The van der Waals surface area contributed by atoms with E-state index in [0.717, 1.165) is 32.2 Å². The van der Waals surface area contributed by atoms with Gasteiger partial charge in [-0.1, -0.05) is 38.1 Å². The number of rotatable bonds is 5. The fourth-order valence-electron chi connectivity index (χ4n) is 2.88. The zero-order valence-electron chi connectivity index (χ0n) is 12.4. The van der Waals surface area contributed by atoms with Gasteiger partial charge in [0.05, 0.1) is 5.54 Å². The van der Waals surface area contributed by atoms with Gasteiger partial charge in [0.2, 0.25) is 5.91 Å². The minimum Gasteiger partial charge on any atom is -0.350 e. The van der Waals surface area contributed by atoms with Crippen LogP contribution >= 0.6 is 12.4 Å². The van der Waals surface area contributed by atoms with Crippen molar-refractivity contribution in [2.24, 2.45) is 0 Å². The molecule has 2 N–H and O–H groups in total. The van der Waals surface area contributed by atoms with Crippen LogP contribution in [0.4, 0.5) is 0 Å². The number of halogens is 1. The summed E-state index contributed by atoms with van der Waals surface area (Å²) in [6.07, 6.45) is 3.90. The van der Waals surface area contributed by atoms with Crippen molar-refractivity contribution < 1.29 is 4.79 Å². The molecule has 20 heavy (non-hydrogen) atoms. The van der Waals surface area contributed by atoms with Crippen LogP contribution < -0.4 is 10.6 Å². The summed E-state index contributed by atoms with van der Waals surface area (Å²) in [7, 11) is 0. The molecular weight excluding hydrogens is 272 g/mol. The maximum atomic E-state index is 12.4. The van der Waals surface area contributed by atoms with Gasteiger partial charge >= 0.3 is 0 Å². The molecule has 3 nitrogen and oxygen atoms in total. The van der Waals surface area contributed by atoms with Crippen molar-refractivity contribution in [3.05, 3.63) is 35.4 Å². The van der Waals surface area contributed by atoms with Crippen molar-refractivity contribution in [1.82, 2.24) is 10.6 Å². The maximum absolute atomic E-state index is 12.4. The standard InChI is InChI=1S/C16H24N2O.ClH/c1-3-13-8-5-6-9-14(13)12-17-15(19)16(4-2)10-7-11-18-16;/h5-6,8-9,18H,3-4,7,10-12H2,1-2H3,(H,17,19);1H. The number of hydrogen-bond acceptors (Lipinski definition) is 2. The molecule has 112 valence electrons. The predicted molar refractivity (Wildman–Crippen MR) is 85.2 cm³/mol. The number of carbonyl (C=O) groups excluding carboxylic acids is 1. The Balaban J connectivity index is 0.00000200. The van der Waals surface area contributed by atoms with E-state index in [4.69, 9.17) is 0 Å². The molecule has 1 aliphatic rings. The molecule has 1 unspecified atom stereocenters. The monoisotopic (exact) mass is 296 g/mol. The molecule has 1 saturated heterocycles. The second-order valence-corrected chi connectivity index (χ2v) is 5.27. The van der Waals surface area contributed by atoms with Crippen molar-refractivity contribution in [3.8, 4) is 0 Å². The third-order valence-electron chi connectivity index (χ3n) is 4.22. The zero-order valence-corrected chi connectivity index (χ0v) is 13.2. The van der Waals surface area contributed by atoms with E-state index in [1.165, 1.54) is 11.1 Å². The van der Waals surface area contributed by atoms with E-state index in [9.17, 15) is 4.79 Å². The molecule has 1 aromatic rings. The molecule has 0 saturated carbocycles. The first-order valence-electron chi connectivity index (χ1n) is 7.32. The van der Waals surface area contributed by atoms with Crippen LogP contribution in [0.25, 0.3) is 0 Å². The number of aryl methyl sites for hydroxylation is 1. The summed E-state index contributed by atoms with van der Waals surface area (Å²) in [5, 5.41) is 6.48. The minimum absolute atomic E-state index is 0. The van der Waals surface area contributed by atoms with Crippen molar-refractivity contribution in [3.63, 3.8) is 0 Å². The van der Waals surface area contributed by atoms with Crippen LogP contribution in [0, 0.1) is 0 Å². The molecule has 4 heteroatoms. The van der Waals surface area contributed by atoms with Crippen molar-refractivity contribution in [2.75, 3.05) is 6.54 Å². The second-order valence-electron chi connectivity index (χ2n) is 5.27. The highest BCUT2D eigenvalue weighted by Gasteiger charge is 2.38. The fourth-order valence-corrected chi connectivity index (χ4v) is 2.88. The molecule has 1 aliphatic heterocycles. The summed E-state index contributed by atoms with van der Waals surface area (Å²) in [5.41, 5.74) is 2.21. The van der Waals surface area contributed by atoms with Gasteiger partial charge in [0, 0.05) is 6.54 Å². The van der Waals surface area contributed by atoms with Gasteiger partial charge in [-0.15, -0.1) is 12.4 Å². The van der Waals surface area contributed by atoms with Crippen molar-refractivity contribution in [2.45, 2.75) is 51.6 Å². The Morgan fingerprint density at radius 1 is 1.30 bits per heavy atom. The van der Waals surface area contributed by atoms with E-state index in [2.05, 4.69) is 42.7 Å². The van der Waals surface area contributed by atoms with Crippen LogP contribution in [0.1, 0.15) is 44.2 Å². The Morgan fingerprint density at radius 3 is 2.55 bits per heavy atom. The van der Waals surface area contributed by atoms with Crippen LogP contribution in [-0.2, 0) is 17.8 Å². The third-order valence-corrected chi connectivity index (χ3v) is 4.22. The Kier molecular flexibility index (Phi) is 6.50. The SMILES string of the molecule is CCc1ccccc1CNC(=O)C1(CC)CCCN1.Cl. The highest BCUT2D eigenvalue weighted by Crippen LogP contribution is 2.23. The van der Waals surface area contributed by atoms with E-state index in [1.807, 2.05) is 6.07 Å². The molecule has 1 heterocycles. The lowest BCUT2D eigenvalue weighted by atomic mass is 9.93. The topological polar surface area (TPSA) is 41.1 Å². The maximum Gasteiger partial charge on any atom is 0.240 e. The van der Waals surface area contributed by atoms with E-state index in [0.29, 0.717) is 6.54 Å². The number of amides is 1. The first kappa shape index (κ1) is 17.0. The Labute approximate surface area is 127 Å². The lowest BCUT2D eigenvalue weighted by Gasteiger charge is -2.26. The molecule has 1 atom stereocenters. The van der Waals surface area contributed by atoms with Gasteiger partial charge in [0.25, 0.3) is 0 Å². The van der Waals surface area contributed by atoms with E-state index < -0.39 is 0 Å². The van der Waals surface area contributed by atoms with Gasteiger partial charge in [0.1, 0.15) is 0 Å². The Bertz CT molecular complexity index is 442. The fraction of sp³-hybridized carbons (Fsp3) is 0.562. The molecule has 1 amide bonds. The molecule has 2 rings (SSSR count). The van der Waals surface area contributed by atoms with Gasteiger partial charge in [-0.2, -0.15) is 0 Å². The highest BCUT2D eigenvalue weighted by atomic mass is 35.5. The van der Waals surface area contributed by atoms with Gasteiger partial charge in [0.15, 0.2) is 0 Å². The number of hydrogen-bond donors (Lipinski definition) is 2. The molecule has 0 aromatic heterocycles. The summed E-state index contributed by atoms with van der Waals surface area (Å²) in [5.74, 6) is 0.151. The van der Waals surface area contributed by atoms with Crippen LogP contribution in [0.15, 0.2) is 24.3 Å². The summed E-state index contributed by atoms with van der Waals surface area (Å²) in [6.45, 7) is 5.81. The van der Waals surface area contributed by atoms with E-state index in [-0.39, 0.29) is 23.9 Å². The molecule has 0 bridgehead atoms. The predicted octanol–water partition coefficient (Wildman–Crippen LogP) is 2.82. The second kappa shape index (κ2) is 7.65. The van der Waals surface area contributed by atoms with E-state index >= 15 is 0 Å². The Hall–Kier alpha value is -1.06. The summed E-state index contributed by atoms with van der Waals surface area (Å²) >= 11 is 0. The summed E-state index contributed by atoms with van der Waals surface area (Å²) < 4.78 is 0. The quantitative estimate of drug-likeness (QED) is 0.877. The third kappa shape index (κ3) is 3.53. The molecule has 0 spiro atoms. The first-order chi connectivity index (χ1) is 9.22. The largest absolute Gasteiger partial charge is 0.350 e. The molecule has 1 aromatic carbocycles. The van der Waals surface area contributed by atoms with Gasteiger partial charge in [-0.05, 0) is 43.4 Å². The number of nitrogens with one attached hydrogen (secondary N) is 2. The molecule has 0 aliphatic carbocycles. The molecule has 1 fully saturated rings. The molecule has 0 radical (unpaired) electrons. The lowest BCUT2D eigenvalue weighted by molar-refractivity contribution is -0.127. The summed E-state index contributed by atoms with van der Waals surface area (Å²) in [6, 6.07) is 8.31. The number of carbonyl (C=O) groups is 1. The van der Waals surface area contributed by atoms with Crippen molar-refractivity contribution >= 4 is 18.3 Å². The van der Waals surface area contributed by atoms with Crippen LogP contribution in [0.3, 0.4) is 0 Å². The Morgan fingerprint density at radius 2 is 2.00 bits per heavy atom. The smallest absolute Gasteiger partial charge is 0.240 e.